The van der Waals surface area contributed by atoms with Gasteiger partial charge in [0.1, 0.15) is 16.6 Å². The molecule has 0 fully saturated rings. The minimum Gasteiger partial charge on any atom is -0.497 e. The number of halogens is 1. The summed E-state index contributed by atoms with van der Waals surface area (Å²) in [6, 6.07) is 15.2. The molecule has 0 bridgehead atoms. The van der Waals surface area contributed by atoms with E-state index in [0.717, 1.165) is 22.4 Å². The van der Waals surface area contributed by atoms with Crippen LogP contribution in [0.1, 0.15) is 11.1 Å². The number of hydrogen-bond donors (Lipinski definition) is 0. The molecule has 0 atom stereocenters. The van der Waals surface area contributed by atoms with E-state index in [1.165, 1.54) is 0 Å². The summed E-state index contributed by atoms with van der Waals surface area (Å²) < 4.78 is 6.72. The highest BCUT2D eigenvalue weighted by Gasteiger charge is 2.10. The molecule has 3 rings (SSSR count). The molecule has 0 saturated carbocycles. The quantitative estimate of drug-likeness (QED) is 0.722. The van der Waals surface area contributed by atoms with E-state index < -0.39 is 0 Å². The second kappa shape index (κ2) is 6.89. The van der Waals surface area contributed by atoms with E-state index in [4.69, 9.17) is 16.3 Å². The van der Waals surface area contributed by atoms with Crippen molar-refractivity contribution < 1.29 is 4.74 Å². The predicted molar refractivity (Wildman–Crippen MR) is 95.8 cm³/mol. The van der Waals surface area contributed by atoms with Crippen molar-refractivity contribution in [3.63, 3.8) is 0 Å². The van der Waals surface area contributed by atoms with Gasteiger partial charge in [-0.3, -0.25) is 4.79 Å². The number of rotatable bonds is 4. The number of aromatic nitrogens is 2. The van der Waals surface area contributed by atoms with Crippen LogP contribution in [0.5, 0.6) is 5.75 Å². The fourth-order valence-corrected chi connectivity index (χ4v) is 2.65. The Hall–Kier alpha value is -2.59. The van der Waals surface area contributed by atoms with Gasteiger partial charge in [-0.15, -0.1) is 0 Å². The largest absolute Gasteiger partial charge is 0.497 e. The van der Waals surface area contributed by atoms with Gasteiger partial charge < -0.3 is 9.30 Å². The second-order valence-corrected chi connectivity index (χ2v) is 5.95. The maximum absolute atomic E-state index is 12.8. The maximum atomic E-state index is 12.8. The molecule has 0 aliphatic carbocycles. The molecule has 0 amide bonds. The van der Waals surface area contributed by atoms with Crippen LogP contribution in [-0.4, -0.2) is 16.7 Å². The van der Waals surface area contributed by atoms with E-state index in [1.54, 1.807) is 17.9 Å². The molecule has 5 heteroatoms. The average molecular weight is 341 g/mol. The lowest BCUT2D eigenvalue weighted by Crippen LogP contribution is -2.23. The number of nitrogens with zero attached hydrogens (tertiary/aromatic N) is 2. The van der Waals surface area contributed by atoms with E-state index in [-0.39, 0.29) is 5.56 Å². The van der Waals surface area contributed by atoms with Crippen LogP contribution in [0.25, 0.3) is 11.3 Å². The van der Waals surface area contributed by atoms with Crippen LogP contribution in [0.15, 0.2) is 59.5 Å². The summed E-state index contributed by atoms with van der Waals surface area (Å²) in [5.41, 5.74) is 3.06. The van der Waals surface area contributed by atoms with Crippen LogP contribution in [0.2, 0.25) is 5.15 Å². The monoisotopic (exact) mass is 340 g/mol. The van der Waals surface area contributed by atoms with Crippen molar-refractivity contribution in [1.29, 1.82) is 0 Å². The van der Waals surface area contributed by atoms with E-state index >= 15 is 0 Å². The zero-order valence-corrected chi connectivity index (χ0v) is 14.2. The third-order valence-electron chi connectivity index (χ3n) is 3.78. The van der Waals surface area contributed by atoms with Gasteiger partial charge in [0.2, 0.25) is 0 Å². The molecule has 1 aromatic heterocycles. The number of hydrogen-bond acceptors (Lipinski definition) is 3. The van der Waals surface area contributed by atoms with Crippen molar-refractivity contribution in [3.05, 3.63) is 81.4 Å². The minimum atomic E-state index is -0.168. The second-order valence-electron chi connectivity index (χ2n) is 5.56. The molecule has 0 radical (unpaired) electrons. The molecule has 24 heavy (non-hydrogen) atoms. The fourth-order valence-electron chi connectivity index (χ4n) is 2.45. The Balaban J connectivity index is 1.99. The zero-order valence-electron chi connectivity index (χ0n) is 13.5. The summed E-state index contributed by atoms with van der Waals surface area (Å²) in [6.45, 7) is 2.42. The van der Waals surface area contributed by atoms with Gasteiger partial charge in [-0.1, -0.05) is 53.6 Å². The molecule has 4 nitrogen and oxygen atoms in total. The van der Waals surface area contributed by atoms with Crippen molar-refractivity contribution in [2.24, 2.45) is 0 Å². The molecule has 3 aromatic rings. The van der Waals surface area contributed by atoms with E-state index in [0.29, 0.717) is 17.4 Å². The lowest BCUT2D eigenvalue weighted by atomic mass is 10.1. The minimum absolute atomic E-state index is 0.168. The fraction of sp³-hybridized carbons (Fsp3) is 0.158. The van der Waals surface area contributed by atoms with Crippen molar-refractivity contribution in [2.75, 3.05) is 7.11 Å². The first kappa shape index (κ1) is 16.3. The summed E-state index contributed by atoms with van der Waals surface area (Å²) in [4.78, 5) is 17.0. The number of ether oxygens (including phenoxy) is 1. The summed E-state index contributed by atoms with van der Waals surface area (Å²) in [5, 5.41) is 0.290. The van der Waals surface area contributed by atoms with Gasteiger partial charge in [0, 0.05) is 11.8 Å². The van der Waals surface area contributed by atoms with Crippen molar-refractivity contribution in [3.8, 4) is 17.0 Å². The average Bonchev–Trinajstić information content (AvgIpc) is 2.59. The molecule has 0 aliphatic heterocycles. The molecule has 0 unspecified atom stereocenters. The Kier molecular flexibility index (Phi) is 4.67. The first-order valence-corrected chi connectivity index (χ1v) is 7.91. The van der Waals surface area contributed by atoms with Crippen molar-refractivity contribution in [1.82, 2.24) is 9.55 Å². The lowest BCUT2D eigenvalue weighted by molar-refractivity contribution is 0.414. The van der Waals surface area contributed by atoms with Crippen LogP contribution in [0, 0.1) is 6.92 Å². The van der Waals surface area contributed by atoms with Gasteiger partial charge in [0.25, 0.3) is 5.56 Å². The summed E-state index contributed by atoms with van der Waals surface area (Å²) >= 11 is 6.13. The smallest absolute Gasteiger partial charge is 0.277 e. The molecular weight excluding hydrogens is 324 g/mol. The first-order chi connectivity index (χ1) is 11.6. The molecule has 0 N–H and O–H groups in total. The summed E-state index contributed by atoms with van der Waals surface area (Å²) in [5.74, 6) is 0.777. The first-order valence-electron chi connectivity index (χ1n) is 7.54. The SMILES string of the molecule is COc1ccc(Cn2cc(Cl)nc(-c3ccc(C)cc3)c2=O)cc1. The van der Waals surface area contributed by atoms with Gasteiger partial charge in [-0.2, -0.15) is 0 Å². The highest BCUT2D eigenvalue weighted by Crippen LogP contribution is 2.17. The van der Waals surface area contributed by atoms with Gasteiger partial charge in [0.05, 0.1) is 13.7 Å². The van der Waals surface area contributed by atoms with Gasteiger partial charge in [-0.05, 0) is 24.6 Å². The molecule has 0 spiro atoms. The summed E-state index contributed by atoms with van der Waals surface area (Å²) in [6.07, 6.45) is 1.56. The number of benzene rings is 2. The molecule has 122 valence electrons. The van der Waals surface area contributed by atoms with Crippen molar-refractivity contribution in [2.45, 2.75) is 13.5 Å². The normalized spacial score (nSPS) is 10.6. The molecule has 2 aromatic carbocycles. The third-order valence-corrected chi connectivity index (χ3v) is 3.96. The number of aryl methyl sites for hydroxylation is 1. The maximum Gasteiger partial charge on any atom is 0.277 e. The Morgan fingerprint density at radius 2 is 1.75 bits per heavy atom. The Bertz CT molecular complexity index is 900. The van der Waals surface area contributed by atoms with Gasteiger partial charge in [0.15, 0.2) is 0 Å². The van der Waals surface area contributed by atoms with Crippen molar-refractivity contribution >= 4 is 11.6 Å². The van der Waals surface area contributed by atoms with Crippen LogP contribution in [0.3, 0.4) is 0 Å². The highest BCUT2D eigenvalue weighted by molar-refractivity contribution is 6.29. The zero-order chi connectivity index (χ0) is 17.1. The van der Waals surface area contributed by atoms with Crippen LogP contribution >= 0.6 is 11.6 Å². The molecular formula is C19H17ClN2O2. The van der Waals surface area contributed by atoms with E-state index in [2.05, 4.69) is 4.98 Å². The lowest BCUT2D eigenvalue weighted by Gasteiger charge is -2.10. The molecule has 0 aliphatic rings. The molecule has 0 saturated heterocycles. The number of methoxy groups -OCH3 is 1. The Labute approximate surface area is 145 Å². The topological polar surface area (TPSA) is 44.1 Å². The third kappa shape index (κ3) is 3.49. The molecule has 1 heterocycles. The van der Waals surface area contributed by atoms with Crippen LogP contribution in [0.4, 0.5) is 0 Å². The van der Waals surface area contributed by atoms with Gasteiger partial charge >= 0.3 is 0 Å². The van der Waals surface area contributed by atoms with Gasteiger partial charge in [-0.25, -0.2) is 4.98 Å². The van der Waals surface area contributed by atoms with E-state index in [1.807, 2.05) is 55.5 Å². The van der Waals surface area contributed by atoms with Crippen LogP contribution in [-0.2, 0) is 6.54 Å². The van der Waals surface area contributed by atoms with Crippen LogP contribution < -0.4 is 10.3 Å². The van der Waals surface area contributed by atoms with E-state index in [9.17, 15) is 4.79 Å². The Morgan fingerprint density at radius 3 is 2.38 bits per heavy atom. The summed E-state index contributed by atoms with van der Waals surface area (Å²) in [7, 11) is 1.62. The highest BCUT2D eigenvalue weighted by atomic mass is 35.5. The standard InChI is InChI=1S/C19H17ClN2O2/c1-13-3-7-15(8-4-13)18-19(23)22(12-17(20)21-18)11-14-5-9-16(24-2)10-6-14/h3-10,12H,11H2,1-2H3. The predicted octanol–water partition coefficient (Wildman–Crippen LogP) is 3.93. The Morgan fingerprint density at radius 1 is 1.08 bits per heavy atom.